The monoisotopic (exact) mass is 317 g/mol. The summed E-state index contributed by atoms with van der Waals surface area (Å²) in [4.78, 5) is 0. The molecule has 0 saturated heterocycles. The number of nitrogens with one attached hydrogen (secondary N) is 1. The van der Waals surface area contributed by atoms with Gasteiger partial charge in [-0.15, -0.1) is 0 Å². The van der Waals surface area contributed by atoms with Gasteiger partial charge >= 0.3 is 0 Å². The molecule has 0 atom stereocenters. The van der Waals surface area contributed by atoms with Gasteiger partial charge in [0.2, 0.25) is 0 Å². The lowest BCUT2D eigenvalue weighted by atomic mass is 9.72. The van der Waals surface area contributed by atoms with Crippen LogP contribution in [0.3, 0.4) is 0 Å². The second-order valence-corrected chi connectivity index (χ2v) is 6.99. The molecule has 1 N–H and O–H groups in total. The van der Waals surface area contributed by atoms with Gasteiger partial charge in [0.15, 0.2) is 0 Å². The molecule has 1 aliphatic rings. The van der Waals surface area contributed by atoms with E-state index in [9.17, 15) is 0 Å². The van der Waals surface area contributed by atoms with Crippen LogP contribution >= 0.6 is 0 Å². The average molecular weight is 317 g/mol. The first-order valence-electron chi connectivity index (χ1n) is 9.15. The molecule has 0 radical (unpaired) electrons. The molecular weight excluding hydrogens is 290 g/mol. The van der Waals surface area contributed by atoms with Crippen molar-refractivity contribution in [1.29, 1.82) is 0 Å². The van der Waals surface area contributed by atoms with Crippen LogP contribution < -0.4 is 5.32 Å². The summed E-state index contributed by atoms with van der Waals surface area (Å²) in [5.41, 5.74) is 2.84. The molecule has 0 bridgehead atoms. The molecule has 24 heavy (non-hydrogen) atoms. The molecule has 0 spiro atoms. The molecule has 3 rings (SSSR count). The van der Waals surface area contributed by atoms with E-state index in [1.165, 1.54) is 37.7 Å². The summed E-state index contributed by atoms with van der Waals surface area (Å²) >= 11 is 0. The van der Waals surface area contributed by atoms with Crippen LogP contribution in [-0.2, 0) is 6.54 Å². The minimum Gasteiger partial charge on any atom is -0.312 e. The van der Waals surface area contributed by atoms with Crippen molar-refractivity contribution in [2.45, 2.75) is 45.1 Å². The maximum absolute atomic E-state index is 3.69. The van der Waals surface area contributed by atoms with Gasteiger partial charge in [-0.25, -0.2) is 0 Å². The molecule has 2 aromatic rings. The molecular formula is C23H27N. The third-order valence-corrected chi connectivity index (χ3v) is 5.06. The van der Waals surface area contributed by atoms with Gasteiger partial charge in [0.25, 0.3) is 0 Å². The Kier molecular flexibility index (Phi) is 6.10. The summed E-state index contributed by atoms with van der Waals surface area (Å²) in [5, 5.41) is 3.69. The summed E-state index contributed by atoms with van der Waals surface area (Å²) in [6, 6.07) is 21.0. The molecule has 1 aliphatic carbocycles. The first-order valence-corrected chi connectivity index (χ1v) is 9.15. The van der Waals surface area contributed by atoms with E-state index in [2.05, 4.69) is 71.8 Å². The summed E-state index contributed by atoms with van der Waals surface area (Å²) in [6.07, 6.45) is 7.69. The Labute approximate surface area is 146 Å². The predicted octanol–water partition coefficient (Wildman–Crippen LogP) is 5.17. The summed E-state index contributed by atoms with van der Waals surface area (Å²) in [5.74, 6) is 6.82. The van der Waals surface area contributed by atoms with Gasteiger partial charge in [0.05, 0.1) is 0 Å². The van der Waals surface area contributed by atoms with Gasteiger partial charge in [0, 0.05) is 25.1 Å². The quantitative estimate of drug-likeness (QED) is 0.750. The van der Waals surface area contributed by atoms with Gasteiger partial charge in [0.1, 0.15) is 0 Å². The topological polar surface area (TPSA) is 12.0 Å². The standard InChI is InChI=1S/C23H27N/c1-4-11-21(12-5-1)15-10-18-23(16-8-3-9-17-23)20-24-19-22-13-6-2-7-14-22/h1-2,4-7,11-14,24H,3,8-9,16-20H2. The predicted molar refractivity (Wildman–Crippen MR) is 102 cm³/mol. The van der Waals surface area contributed by atoms with Gasteiger partial charge in [-0.2, -0.15) is 0 Å². The second-order valence-electron chi connectivity index (χ2n) is 6.99. The number of hydrogen-bond donors (Lipinski definition) is 1. The van der Waals surface area contributed by atoms with Crippen LogP contribution in [-0.4, -0.2) is 6.54 Å². The zero-order valence-electron chi connectivity index (χ0n) is 14.4. The van der Waals surface area contributed by atoms with Crippen molar-refractivity contribution in [2.75, 3.05) is 6.54 Å². The average Bonchev–Trinajstić information content (AvgIpc) is 2.64. The molecule has 1 fully saturated rings. The third kappa shape index (κ3) is 4.98. The Hall–Kier alpha value is -2.04. The third-order valence-electron chi connectivity index (χ3n) is 5.06. The molecule has 0 aliphatic heterocycles. The van der Waals surface area contributed by atoms with Crippen molar-refractivity contribution < 1.29 is 0 Å². The first-order chi connectivity index (χ1) is 11.9. The van der Waals surface area contributed by atoms with Crippen LogP contribution in [0, 0.1) is 17.3 Å². The van der Waals surface area contributed by atoms with Crippen LogP contribution in [0.4, 0.5) is 0 Å². The maximum atomic E-state index is 3.69. The van der Waals surface area contributed by atoms with E-state index in [0.29, 0.717) is 5.41 Å². The van der Waals surface area contributed by atoms with Crippen LogP contribution in [0.5, 0.6) is 0 Å². The van der Waals surface area contributed by atoms with E-state index >= 15 is 0 Å². The fourth-order valence-corrected chi connectivity index (χ4v) is 3.64. The van der Waals surface area contributed by atoms with Gasteiger partial charge < -0.3 is 5.32 Å². The lowest BCUT2D eigenvalue weighted by Crippen LogP contribution is -2.35. The highest BCUT2D eigenvalue weighted by Gasteiger charge is 2.30. The first kappa shape index (κ1) is 16.8. The summed E-state index contributed by atoms with van der Waals surface area (Å²) < 4.78 is 0. The highest BCUT2D eigenvalue weighted by Crippen LogP contribution is 2.38. The van der Waals surface area contributed by atoms with E-state index in [-0.39, 0.29) is 0 Å². The van der Waals surface area contributed by atoms with Crippen molar-refractivity contribution in [3.63, 3.8) is 0 Å². The lowest BCUT2D eigenvalue weighted by molar-refractivity contribution is 0.187. The molecule has 0 heterocycles. The second kappa shape index (κ2) is 8.71. The molecule has 1 saturated carbocycles. The smallest absolute Gasteiger partial charge is 0.0245 e. The SMILES string of the molecule is C(#Cc1ccccc1)CC1(CNCc2ccccc2)CCCCC1. The summed E-state index contributed by atoms with van der Waals surface area (Å²) in [7, 11) is 0. The van der Waals surface area contributed by atoms with E-state index in [1.807, 2.05) is 6.07 Å². The van der Waals surface area contributed by atoms with Crippen molar-refractivity contribution in [3.05, 3.63) is 71.8 Å². The minimum atomic E-state index is 0.356. The molecule has 1 nitrogen and oxygen atoms in total. The fourth-order valence-electron chi connectivity index (χ4n) is 3.64. The zero-order chi connectivity index (χ0) is 16.5. The van der Waals surface area contributed by atoms with Crippen molar-refractivity contribution in [1.82, 2.24) is 5.32 Å². The Balaban J connectivity index is 1.59. The molecule has 1 heteroatoms. The molecule has 124 valence electrons. The number of hydrogen-bond acceptors (Lipinski definition) is 1. The Morgan fingerprint density at radius 1 is 0.833 bits per heavy atom. The van der Waals surface area contributed by atoms with Gasteiger partial charge in [-0.1, -0.05) is 79.6 Å². The zero-order valence-corrected chi connectivity index (χ0v) is 14.4. The molecule has 0 unspecified atom stereocenters. The van der Waals surface area contributed by atoms with E-state index in [1.54, 1.807) is 0 Å². The lowest BCUT2D eigenvalue weighted by Gasteiger charge is -2.36. The van der Waals surface area contributed by atoms with Crippen molar-refractivity contribution >= 4 is 0 Å². The van der Waals surface area contributed by atoms with Crippen molar-refractivity contribution in [3.8, 4) is 11.8 Å². The van der Waals surface area contributed by atoms with Crippen molar-refractivity contribution in [2.24, 2.45) is 5.41 Å². The fraction of sp³-hybridized carbons (Fsp3) is 0.391. The molecule has 0 amide bonds. The Morgan fingerprint density at radius 3 is 2.21 bits per heavy atom. The highest BCUT2D eigenvalue weighted by atomic mass is 14.9. The van der Waals surface area contributed by atoms with E-state index in [0.717, 1.165) is 25.1 Å². The number of benzene rings is 2. The molecule has 0 aromatic heterocycles. The van der Waals surface area contributed by atoms with Crippen LogP contribution in [0.25, 0.3) is 0 Å². The maximum Gasteiger partial charge on any atom is 0.0245 e. The van der Waals surface area contributed by atoms with Crippen LogP contribution in [0.15, 0.2) is 60.7 Å². The summed E-state index contributed by atoms with van der Waals surface area (Å²) in [6.45, 7) is 2.03. The van der Waals surface area contributed by atoms with Crippen LogP contribution in [0.2, 0.25) is 0 Å². The molecule has 2 aromatic carbocycles. The van der Waals surface area contributed by atoms with E-state index < -0.39 is 0 Å². The highest BCUT2D eigenvalue weighted by molar-refractivity contribution is 5.33. The van der Waals surface area contributed by atoms with Crippen LogP contribution in [0.1, 0.15) is 49.7 Å². The van der Waals surface area contributed by atoms with Gasteiger partial charge in [-0.05, 0) is 36.0 Å². The number of rotatable bonds is 5. The normalized spacial score (nSPS) is 16.2. The van der Waals surface area contributed by atoms with Gasteiger partial charge in [-0.3, -0.25) is 0 Å². The largest absolute Gasteiger partial charge is 0.312 e. The van der Waals surface area contributed by atoms with E-state index in [4.69, 9.17) is 0 Å². The Morgan fingerprint density at radius 2 is 1.50 bits per heavy atom. The Bertz CT molecular complexity index is 657. The minimum absolute atomic E-state index is 0.356.